The summed E-state index contributed by atoms with van der Waals surface area (Å²) in [6.45, 7) is 5.33. The molecule has 3 heterocycles. The van der Waals surface area contributed by atoms with Gasteiger partial charge in [-0.15, -0.1) is 11.3 Å². The van der Waals surface area contributed by atoms with Crippen molar-refractivity contribution in [3.8, 4) is 0 Å². The Labute approximate surface area is 218 Å². The lowest BCUT2D eigenvalue weighted by Gasteiger charge is -2.25. The van der Waals surface area contributed by atoms with E-state index in [1.54, 1.807) is 11.3 Å². The second-order valence-electron chi connectivity index (χ2n) is 8.61. The molecule has 0 spiro atoms. The molecule has 0 atom stereocenters. The second kappa shape index (κ2) is 11.0. The lowest BCUT2D eigenvalue weighted by atomic mass is 10.1. The number of nitrogens with zero attached hydrogens (tertiary/aromatic N) is 2. The lowest BCUT2D eigenvalue weighted by Crippen LogP contribution is -2.35. The number of amides is 1. The summed E-state index contributed by atoms with van der Waals surface area (Å²) in [5.74, 6) is -0.172. The molecule has 1 N–H and O–H groups in total. The summed E-state index contributed by atoms with van der Waals surface area (Å²) in [6, 6.07) is 19.9. The van der Waals surface area contributed by atoms with Gasteiger partial charge in [0, 0.05) is 54.2 Å². The summed E-state index contributed by atoms with van der Waals surface area (Å²) in [7, 11) is 0. The zero-order valence-electron chi connectivity index (χ0n) is 19.2. The van der Waals surface area contributed by atoms with Crippen LogP contribution in [-0.2, 0) is 24.4 Å². The highest BCUT2D eigenvalue weighted by Crippen LogP contribution is 2.30. The average Bonchev–Trinajstić information content (AvgIpc) is 3.31. The maximum atomic E-state index is 13.2. The van der Waals surface area contributed by atoms with Gasteiger partial charge in [-0.25, -0.2) is 0 Å². The number of hydrogen-bond donors (Lipinski definition) is 1. The van der Waals surface area contributed by atoms with Gasteiger partial charge in [0.05, 0.1) is 23.3 Å². The number of carbonyl (C=O) groups is 1. The molecule has 35 heavy (non-hydrogen) atoms. The number of aromatic nitrogens is 1. The SMILES string of the molecule is O=C(NCc1ccc(Cl)cc1)c1cn(Cc2ccccc2)c2sc(CN3CCOCC3)cc2c1=S. The van der Waals surface area contributed by atoms with Crippen molar-refractivity contribution in [2.45, 2.75) is 19.6 Å². The minimum atomic E-state index is -0.172. The molecule has 1 amide bonds. The van der Waals surface area contributed by atoms with Gasteiger partial charge in [-0.1, -0.05) is 66.3 Å². The van der Waals surface area contributed by atoms with Crippen LogP contribution < -0.4 is 5.32 Å². The van der Waals surface area contributed by atoms with Crippen molar-refractivity contribution in [1.29, 1.82) is 0 Å². The molecule has 180 valence electrons. The van der Waals surface area contributed by atoms with Crippen LogP contribution in [0.4, 0.5) is 0 Å². The van der Waals surface area contributed by atoms with Gasteiger partial charge in [-0.05, 0) is 29.3 Å². The van der Waals surface area contributed by atoms with E-state index in [1.165, 1.54) is 10.4 Å². The van der Waals surface area contributed by atoms with Crippen molar-refractivity contribution in [3.63, 3.8) is 0 Å². The molecule has 1 aliphatic rings. The van der Waals surface area contributed by atoms with Crippen molar-refractivity contribution in [3.05, 3.63) is 98.0 Å². The Morgan fingerprint density at radius 1 is 1.03 bits per heavy atom. The average molecular weight is 524 g/mol. The fraction of sp³-hybridized carbons (Fsp3) is 0.259. The Morgan fingerprint density at radius 2 is 1.77 bits per heavy atom. The minimum absolute atomic E-state index is 0.172. The molecule has 0 unspecified atom stereocenters. The number of nitrogens with one attached hydrogen (secondary N) is 1. The summed E-state index contributed by atoms with van der Waals surface area (Å²) in [6.07, 6.45) is 1.91. The summed E-state index contributed by atoms with van der Waals surface area (Å²) >= 11 is 13.6. The molecular formula is C27H26ClN3O2S2. The minimum Gasteiger partial charge on any atom is -0.379 e. The molecular weight excluding hydrogens is 498 g/mol. The van der Waals surface area contributed by atoms with E-state index >= 15 is 0 Å². The van der Waals surface area contributed by atoms with Crippen LogP contribution in [-0.4, -0.2) is 41.7 Å². The highest BCUT2D eigenvalue weighted by molar-refractivity contribution is 7.71. The van der Waals surface area contributed by atoms with Gasteiger partial charge in [0.25, 0.3) is 5.91 Å². The van der Waals surface area contributed by atoms with Gasteiger partial charge in [-0.2, -0.15) is 0 Å². The Hall–Kier alpha value is -2.55. The number of pyridine rings is 1. The number of benzene rings is 2. The molecule has 0 aliphatic carbocycles. The number of ether oxygens (including phenoxy) is 1. The number of hydrogen-bond acceptors (Lipinski definition) is 5. The van der Waals surface area contributed by atoms with Crippen molar-refractivity contribution in [1.82, 2.24) is 14.8 Å². The van der Waals surface area contributed by atoms with E-state index in [1.807, 2.05) is 48.7 Å². The first-order valence-electron chi connectivity index (χ1n) is 11.6. The van der Waals surface area contributed by atoms with Crippen LogP contribution in [0.15, 0.2) is 66.9 Å². The molecule has 0 saturated carbocycles. The quantitative estimate of drug-likeness (QED) is 0.306. The molecule has 8 heteroatoms. The van der Waals surface area contributed by atoms with Gasteiger partial charge in [-0.3, -0.25) is 9.69 Å². The zero-order valence-corrected chi connectivity index (χ0v) is 21.6. The topological polar surface area (TPSA) is 46.5 Å². The van der Waals surface area contributed by atoms with E-state index < -0.39 is 0 Å². The van der Waals surface area contributed by atoms with Crippen LogP contribution in [0.1, 0.15) is 26.4 Å². The maximum absolute atomic E-state index is 13.2. The highest BCUT2D eigenvalue weighted by atomic mass is 35.5. The maximum Gasteiger partial charge on any atom is 0.254 e. The third-order valence-electron chi connectivity index (χ3n) is 6.09. The lowest BCUT2D eigenvalue weighted by molar-refractivity contribution is 0.0346. The van der Waals surface area contributed by atoms with E-state index in [2.05, 4.69) is 33.0 Å². The molecule has 0 radical (unpaired) electrons. The zero-order chi connectivity index (χ0) is 24.2. The molecule has 4 aromatic rings. The van der Waals surface area contributed by atoms with Crippen LogP contribution in [0.25, 0.3) is 10.2 Å². The first-order chi connectivity index (χ1) is 17.1. The Balaban J connectivity index is 1.47. The predicted octanol–water partition coefficient (Wildman–Crippen LogP) is 5.90. The monoisotopic (exact) mass is 523 g/mol. The normalized spacial score (nSPS) is 14.3. The first-order valence-corrected chi connectivity index (χ1v) is 13.2. The Bertz CT molecular complexity index is 1380. The highest BCUT2D eigenvalue weighted by Gasteiger charge is 2.18. The van der Waals surface area contributed by atoms with Gasteiger partial charge >= 0.3 is 0 Å². The van der Waals surface area contributed by atoms with Crippen LogP contribution in [0.3, 0.4) is 0 Å². The number of morpholine rings is 1. The molecule has 0 bridgehead atoms. The van der Waals surface area contributed by atoms with Crippen LogP contribution in [0.5, 0.6) is 0 Å². The molecule has 2 aromatic heterocycles. The standard InChI is InChI=1S/C27H26ClN3O2S2/c28-21-8-6-19(7-9-21)15-29-26(32)24-18-31(16-20-4-2-1-3-5-20)27-23(25(24)34)14-22(35-27)17-30-10-12-33-13-11-30/h1-9,14,18H,10-13,15-17H2,(H,29,32). The van der Waals surface area contributed by atoms with E-state index in [9.17, 15) is 4.79 Å². The van der Waals surface area contributed by atoms with Crippen LogP contribution in [0, 0.1) is 4.51 Å². The molecule has 1 aliphatic heterocycles. The van der Waals surface area contributed by atoms with Crippen molar-refractivity contribution < 1.29 is 9.53 Å². The summed E-state index contributed by atoms with van der Waals surface area (Å²) in [5, 5.41) is 4.66. The van der Waals surface area contributed by atoms with E-state index in [0.29, 0.717) is 28.2 Å². The number of halogens is 1. The molecule has 5 nitrogen and oxygen atoms in total. The van der Waals surface area contributed by atoms with Crippen LogP contribution >= 0.6 is 35.2 Å². The number of rotatable bonds is 7. The fourth-order valence-corrected chi connectivity index (χ4v) is 5.89. The first kappa shape index (κ1) is 24.2. The van der Waals surface area contributed by atoms with Crippen molar-refractivity contribution >= 4 is 51.3 Å². The smallest absolute Gasteiger partial charge is 0.254 e. The summed E-state index contributed by atoms with van der Waals surface area (Å²) < 4.78 is 8.25. The molecule has 5 rings (SSSR count). The third-order valence-corrected chi connectivity index (χ3v) is 7.94. The second-order valence-corrected chi connectivity index (χ2v) is 10.6. The van der Waals surface area contributed by atoms with Crippen molar-refractivity contribution in [2.24, 2.45) is 0 Å². The van der Waals surface area contributed by atoms with Gasteiger partial charge in [0.15, 0.2) is 0 Å². The number of carbonyl (C=O) groups excluding carboxylic acids is 1. The fourth-order valence-electron chi connectivity index (χ4n) is 4.22. The number of thiophene rings is 1. The largest absolute Gasteiger partial charge is 0.379 e. The van der Waals surface area contributed by atoms with Gasteiger partial charge < -0.3 is 14.6 Å². The molecule has 1 saturated heterocycles. The molecule has 1 fully saturated rings. The molecule has 2 aromatic carbocycles. The van der Waals surface area contributed by atoms with Crippen molar-refractivity contribution in [2.75, 3.05) is 26.3 Å². The van der Waals surface area contributed by atoms with E-state index in [-0.39, 0.29) is 5.91 Å². The van der Waals surface area contributed by atoms with Gasteiger partial charge in [0.2, 0.25) is 0 Å². The Morgan fingerprint density at radius 3 is 2.51 bits per heavy atom. The van der Waals surface area contributed by atoms with Crippen LogP contribution in [0.2, 0.25) is 5.02 Å². The summed E-state index contributed by atoms with van der Waals surface area (Å²) in [5.41, 5.74) is 2.68. The predicted molar refractivity (Wildman–Crippen MR) is 145 cm³/mol. The van der Waals surface area contributed by atoms with E-state index in [4.69, 9.17) is 28.6 Å². The summed E-state index contributed by atoms with van der Waals surface area (Å²) in [4.78, 5) is 18.0. The number of fused-ring (bicyclic) bond motifs is 1. The third kappa shape index (κ3) is 5.82. The van der Waals surface area contributed by atoms with Gasteiger partial charge in [0.1, 0.15) is 4.83 Å². The Kier molecular flexibility index (Phi) is 7.60. The van der Waals surface area contributed by atoms with E-state index in [0.717, 1.165) is 48.6 Å².